The molecule has 1 fully saturated rings. The van der Waals surface area contributed by atoms with Crippen molar-refractivity contribution in [1.29, 1.82) is 0 Å². The van der Waals surface area contributed by atoms with Crippen molar-refractivity contribution in [1.82, 2.24) is 25.4 Å². The molecular weight excluding hydrogens is 762 g/mol. The second-order valence-electron chi connectivity index (χ2n) is 12.5. The monoisotopic (exact) mass is 793 g/mol. The van der Waals surface area contributed by atoms with E-state index in [4.69, 9.17) is 4.74 Å². The Morgan fingerprint density at radius 3 is 2.27 bits per heavy atom. The number of hydrogen-bond donors (Lipinski definition) is 2. The quantitative estimate of drug-likeness (QED) is 0.0458. The molecule has 0 saturated heterocycles. The molecule has 1 aliphatic rings. The van der Waals surface area contributed by atoms with Crippen LogP contribution in [0.25, 0.3) is 23.1 Å². The summed E-state index contributed by atoms with van der Waals surface area (Å²) in [5.41, 5.74) is 2.12. The summed E-state index contributed by atoms with van der Waals surface area (Å²) in [4.78, 5) is 56.7. The minimum Gasteiger partial charge on any atom is -0.445 e. The smallest absolute Gasteiger partial charge is 0.435 e. The molecule has 11 nitrogen and oxygen atoms in total. The van der Waals surface area contributed by atoms with Gasteiger partial charge in [-0.1, -0.05) is 30.0 Å². The van der Waals surface area contributed by atoms with Gasteiger partial charge >= 0.3 is 12.1 Å². The maximum atomic E-state index is 13.8. The lowest BCUT2D eigenvalue weighted by atomic mass is 9.87. The van der Waals surface area contributed by atoms with E-state index in [1.165, 1.54) is 16.4 Å². The van der Waals surface area contributed by atoms with Crippen LogP contribution in [-0.4, -0.2) is 58.3 Å². The Hall–Kier alpha value is -6.10. The molecule has 2 aromatic heterocycles. The van der Waals surface area contributed by atoms with Crippen molar-refractivity contribution in [3.63, 3.8) is 0 Å². The summed E-state index contributed by atoms with van der Waals surface area (Å²) in [6.45, 7) is -0.330. The van der Waals surface area contributed by atoms with E-state index >= 15 is 0 Å². The minimum atomic E-state index is -2.39. The van der Waals surface area contributed by atoms with Crippen molar-refractivity contribution in [3.8, 4) is 5.75 Å². The summed E-state index contributed by atoms with van der Waals surface area (Å²) < 4.78 is 79.1. The van der Waals surface area contributed by atoms with Crippen molar-refractivity contribution in [2.75, 3.05) is 13.6 Å². The third-order valence-electron chi connectivity index (χ3n) is 8.87. The molecule has 1 aliphatic carbocycles. The van der Waals surface area contributed by atoms with Gasteiger partial charge in [0.15, 0.2) is 0 Å². The van der Waals surface area contributed by atoms with Crippen LogP contribution in [-0.2, 0) is 14.3 Å². The van der Waals surface area contributed by atoms with E-state index in [2.05, 4.69) is 25.5 Å². The number of carbonyl (C=O) groups excluding carboxylic acids is 4. The molecule has 0 atom stereocenters. The number of amides is 2. The summed E-state index contributed by atoms with van der Waals surface area (Å²) in [7, 11) is 1.55. The zero-order valence-electron chi connectivity index (χ0n) is 29.5. The number of fused-ring (bicyclic) bond motifs is 1. The van der Waals surface area contributed by atoms with E-state index in [-0.39, 0.29) is 12.5 Å². The van der Waals surface area contributed by atoms with Crippen molar-refractivity contribution in [3.05, 3.63) is 113 Å². The van der Waals surface area contributed by atoms with Crippen LogP contribution in [0.4, 0.5) is 26.7 Å². The standard InChI is InChI=1S/C39H32F5N5O6S/c1-45-38(52)26-7-2-3-8-29(26)56-24-14-15-25-27(16-11-22-6-4-5-18-46-22)48-49(28(25)20-24)39(53)54-23-12-9-21(10-13-23)37(51)47-19-17-30(50)55-36-34(43)32(41)31(40)33(42)35(36)44/h2-8,11,14-16,18,20-21,23H,9-10,12-13,17,19H2,1H3,(H,45,52)(H,47,51)/b16-11+/t21-,23-. The van der Waals surface area contributed by atoms with Gasteiger partial charge in [-0.15, -0.1) is 0 Å². The number of aromatic nitrogens is 3. The van der Waals surface area contributed by atoms with Crippen LogP contribution in [0, 0.1) is 35.0 Å². The average molecular weight is 794 g/mol. The van der Waals surface area contributed by atoms with Gasteiger partial charge in [0.25, 0.3) is 5.91 Å². The first-order valence-corrected chi connectivity index (χ1v) is 18.1. The number of rotatable bonds is 11. The van der Waals surface area contributed by atoms with Gasteiger partial charge in [-0.25, -0.2) is 18.0 Å². The number of nitrogens with one attached hydrogen (secondary N) is 2. The lowest BCUT2D eigenvalue weighted by Crippen LogP contribution is -2.36. The van der Waals surface area contributed by atoms with Gasteiger partial charge in [-0.3, -0.25) is 19.4 Å². The van der Waals surface area contributed by atoms with Gasteiger partial charge < -0.3 is 20.1 Å². The van der Waals surface area contributed by atoms with E-state index in [0.717, 1.165) is 4.90 Å². The Morgan fingerprint density at radius 1 is 0.875 bits per heavy atom. The summed E-state index contributed by atoms with van der Waals surface area (Å²) in [5, 5.41) is 10.4. The fraction of sp³-hybridized carbons (Fsp3) is 0.231. The molecule has 1 saturated carbocycles. The fourth-order valence-electron chi connectivity index (χ4n) is 5.99. The van der Waals surface area contributed by atoms with E-state index in [9.17, 15) is 41.1 Å². The van der Waals surface area contributed by atoms with Crippen LogP contribution in [0.15, 0.2) is 76.7 Å². The molecule has 0 spiro atoms. The zero-order chi connectivity index (χ0) is 39.9. The van der Waals surface area contributed by atoms with Crippen LogP contribution in [0.1, 0.15) is 53.8 Å². The van der Waals surface area contributed by atoms with Crippen LogP contribution in [0.3, 0.4) is 0 Å². The fourth-order valence-corrected chi connectivity index (χ4v) is 6.97. The predicted octanol–water partition coefficient (Wildman–Crippen LogP) is 7.46. The second-order valence-corrected chi connectivity index (χ2v) is 13.6. The molecule has 6 rings (SSSR count). The van der Waals surface area contributed by atoms with Crippen molar-refractivity contribution in [2.45, 2.75) is 48.0 Å². The van der Waals surface area contributed by atoms with Gasteiger partial charge in [0.05, 0.1) is 28.9 Å². The van der Waals surface area contributed by atoms with Crippen LogP contribution < -0.4 is 15.4 Å². The SMILES string of the molecule is CNC(=O)c1ccccc1Sc1ccc2c(/C=C/c3ccccn3)nn(C(=O)O[C@H]3CC[C@H](C(=O)NCCC(=O)Oc4c(F)c(F)c(F)c(F)c4F)CC3)c2c1. The average Bonchev–Trinajstić information content (AvgIpc) is 3.58. The Morgan fingerprint density at radius 2 is 1.57 bits per heavy atom. The first-order valence-electron chi connectivity index (χ1n) is 17.3. The number of esters is 1. The van der Waals surface area contributed by atoms with E-state index in [0.29, 0.717) is 58.4 Å². The highest BCUT2D eigenvalue weighted by molar-refractivity contribution is 7.99. The third kappa shape index (κ3) is 8.88. The Balaban J connectivity index is 1.09. The number of ether oxygens (including phenoxy) is 2. The minimum absolute atomic E-state index is 0.242. The second kappa shape index (κ2) is 17.6. The summed E-state index contributed by atoms with van der Waals surface area (Å²) in [6.07, 6.45) is 4.56. The zero-order valence-corrected chi connectivity index (χ0v) is 30.3. The molecule has 2 N–H and O–H groups in total. The van der Waals surface area contributed by atoms with Gasteiger partial charge in [-0.2, -0.15) is 18.6 Å². The maximum Gasteiger partial charge on any atom is 0.435 e. The Labute approximate surface area is 320 Å². The summed E-state index contributed by atoms with van der Waals surface area (Å²) in [6, 6.07) is 18.1. The van der Waals surface area contributed by atoms with Crippen LogP contribution >= 0.6 is 11.8 Å². The molecule has 2 heterocycles. The number of hydrogen-bond acceptors (Lipinski definition) is 9. The number of nitrogens with zero attached hydrogens (tertiary/aromatic N) is 3. The molecule has 0 aliphatic heterocycles. The summed E-state index contributed by atoms with van der Waals surface area (Å²) >= 11 is 1.35. The highest BCUT2D eigenvalue weighted by atomic mass is 32.2. The van der Waals surface area contributed by atoms with Crippen molar-refractivity contribution in [2.24, 2.45) is 5.92 Å². The van der Waals surface area contributed by atoms with Crippen molar-refractivity contribution >= 4 is 58.7 Å². The topological polar surface area (TPSA) is 142 Å². The lowest BCUT2D eigenvalue weighted by Gasteiger charge is -2.27. The van der Waals surface area contributed by atoms with E-state index < -0.39 is 71.2 Å². The maximum absolute atomic E-state index is 13.8. The van der Waals surface area contributed by atoms with Gasteiger partial charge in [0.2, 0.25) is 40.7 Å². The molecule has 0 unspecified atom stereocenters. The Bertz CT molecular complexity index is 2300. The van der Waals surface area contributed by atoms with Gasteiger partial charge in [0, 0.05) is 40.9 Å². The van der Waals surface area contributed by atoms with E-state index in [1.54, 1.807) is 49.7 Å². The van der Waals surface area contributed by atoms with E-state index in [1.807, 2.05) is 36.4 Å². The predicted molar refractivity (Wildman–Crippen MR) is 194 cm³/mol. The molecule has 3 aromatic carbocycles. The first-order chi connectivity index (χ1) is 26.9. The van der Waals surface area contributed by atoms with Crippen LogP contribution in [0.5, 0.6) is 5.75 Å². The normalized spacial score (nSPS) is 15.5. The molecule has 0 bridgehead atoms. The number of benzene rings is 3. The van der Waals surface area contributed by atoms with Crippen LogP contribution in [0.2, 0.25) is 0 Å². The number of pyridine rings is 1. The highest BCUT2D eigenvalue weighted by Gasteiger charge is 2.31. The molecular formula is C39H32F5N5O6S. The highest BCUT2D eigenvalue weighted by Crippen LogP contribution is 2.35. The molecule has 290 valence electrons. The molecule has 2 amide bonds. The first kappa shape index (κ1) is 39.6. The molecule has 17 heteroatoms. The number of carbonyl (C=O) groups is 4. The lowest BCUT2D eigenvalue weighted by molar-refractivity contribution is -0.135. The summed E-state index contributed by atoms with van der Waals surface area (Å²) in [5.74, 6) is -15.7. The van der Waals surface area contributed by atoms with Crippen molar-refractivity contribution < 1.29 is 50.6 Å². The largest absolute Gasteiger partial charge is 0.445 e. The number of halogens is 5. The molecule has 56 heavy (non-hydrogen) atoms. The van der Waals surface area contributed by atoms with Gasteiger partial charge in [0.1, 0.15) is 6.10 Å². The molecule has 5 aromatic rings. The third-order valence-corrected chi connectivity index (χ3v) is 9.93. The Kier molecular flexibility index (Phi) is 12.4. The van der Waals surface area contributed by atoms with Gasteiger partial charge in [-0.05, 0) is 80.3 Å². The molecule has 0 radical (unpaired) electrons.